The summed E-state index contributed by atoms with van der Waals surface area (Å²) in [6.07, 6.45) is 2.34. The van der Waals surface area contributed by atoms with Gasteiger partial charge in [0.2, 0.25) is 11.8 Å². The molecule has 0 spiro atoms. The highest BCUT2D eigenvalue weighted by Gasteiger charge is 2.32. The van der Waals surface area contributed by atoms with E-state index in [9.17, 15) is 9.59 Å². The van der Waals surface area contributed by atoms with Crippen molar-refractivity contribution in [2.45, 2.75) is 39.7 Å². The molecule has 6 nitrogen and oxygen atoms in total. The average Bonchev–Trinajstić information content (AvgIpc) is 2.71. The SMILES string of the molecule is COc1cc2c(cc1OC)CN(C(=O)C1CCN(C(=O)C(C)C)CC1)CC2. The second-order valence-electron chi connectivity index (χ2n) is 7.74. The predicted molar refractivity (Wildman–Crippen MR) is 103 cm³/mol. The number of carbonyl (C=O) groups excluding carboxylic acids is 2. The fraction of sp³-hybridized carbons (Fsp3) is 0.619. The number of benzene rings is 1. The molecule has 1 aromatic rings. The molecule has 1 fully saturated rings. The van der Waals surface area contributed by atoms with Gasteiger partial charge in [-0.3, -0.25) is 9.59 Å². The summed E-state index contributed by atoms with van der Waals surface area (Å²) in [5.74, 6) is 1.87. The fourth-order valence-corrected chi connectivity index (χ4v) is 4.04. The first-order chi connectivity index (χ1) is 12.9. The van der Waals surface area contributed by atoms with Gasteiger partial charge in [0, 0.05) is 38.0 Å². The first kappa shape index (κ1) is 19.5. The van der Waals surface area contributed by atoms with E-state index >= 15 is 0 Å². The molecule has 2 heterocycles. The van der Waals surface area contributed by atoms with Gasteiger partial charge in [-0.15, -0.1) is 0 Å². The number of piperidine rings is 1. The fourth-order valence-electron chi connectivity index (χ4n) is 4.04. The zero-order valence-electron chi connectivity index (χ0n) is 16.8. The molecule has 0 bridgehead atoms. The van der Waals surface area contributed by atoms with E-state index in [2.05, 4.69) is 0 Å². The Labute approximate surface area is 161 Å². The van der Waals surface area contributed by atoms with Crippen molar-refractivity contribution in [2.75, 3.05) is 33.9 Å². The Balaban J connectivity index is 1.64. The summed E-state index contributed by atoms with van der Waals surface area (Å²) in [6.45, 7) is 6.56. The maximum Gasteiger partial charge on any atom is 0.226 e. The minimum Gasteiger partial charge on any atom is -0.493 e. The Hall–Kier alpha value is -2.24. The maximum absolute atomic E-state index is 13.0. The van der Waals surface area contributed by atoms with E-state index in [-0.39, 0.29) is 23.7 Å². The summed E-state index contributed by atoms with van der Waals surface area (Å²) in [7, 11) is 3.27. The molecule has 0 atom stereocenters. The normalized spacial score (nSPS) is 17.7. The van der Waals surface area contributed by atoms with Gasteiger partial charge in [-0.25, -0.2) is 0 Å². The zero-order valence-corrected chi connectivity index (χ0v) is 16.8. The number of likely N-dealkylation sites (tertiary alicyclic amines) is 1. The Morgan fingerprint density at radius 3 is 2.11 bits per heavy atom. The monoisotopic (exact) mass is 374 g/mol. The minimum absolute atomic E-state index is 0.0165. The molecule has 2 amide bonds. The largest absolute Gasteiger partial charge is 0.493 e. The first-order valence-corrected chi connectivity index (χ1v) is 9.76. The quantitative estimate of drug-likeness (QED) is 0.812. The summed E-state index contributed by atoms with van der Waals surface area (Å²) in [4.78, 5) is 29.0. The van der Waals surface area contributed by atoms with Gasteiger partial charge in [-0.2, -0.15) is 0 Å². The zero-order chi connectivity index (χ0) is 19.6. The van der Waals surface area contributed by atoms with Crippen LogP contribution in [0.15, 0.2) is 12.1 Å². The van der Waals surface area contributed by atoms with E-state index < -0.39 is 0 Å². The van der Waals surface area contributed by atoms with Crippen molar-refractivity contribution in [1.29, 1.82) is 0 Å². The minimum atomic E-state index is 0.0165. The number of hydrogen-bond acceptors (Lipinski definition) is 4. The van der Waals surface area contributed by atoms with Crippen LogP contribution >= 0.6 is 0 Å². The van der Waals surface area contributed by atoms with E-state index in [1.807, 2.05) is 35.8 Å². The van der Waals surface area contributed by atoms with Crippen LogP contribution in [0.3, 0.4) is 0 Å². The molecule has 6 heteroatoms. The van der Waals surface area contributed by atoms with E-state index in [4.69, 9.17) is 9.47 Å². The molecule has 27 heavy (non-hydrogen) atoms. The molecule has 0 aromatic heterocycles. The number of ether oxygens (including phenoxy) is 2. The summed E-state index contributed by atoms with van der Waals surface area (Å²) >= 11 is 0. The third-order valence-electron chi connectivity index (χ3n) is 5.68. The van der Waals surface area contributed by atoms with Crippen molar-refractivity contribution in [3.05, 3.63) is 23.3 Å². The van der Waals surface area contributed by atoms with E-state index in [1.165, 1.54) is 5.56 Å². The van der Waals surface area contributed by atoms with E-state index in [0.717, 1.165) is 37.1 Å². The van der Waals surface area contributed by atoms with Crippen LogP contribution in [0, 0.1) is 11.8 Å². The molecule has 1 saturated heterocycles. The van der Waals surface area contributed by atoms with E-state index in [0.29, 0.717) is 25.4 Å². The van der Waals surface area contributed by atoms with Gasteiger partial charge < -0.3 is 19.3 Å². The number of amides is 2. The smallest absolute Gasteiger partial charge is 0.226 e. The van der Waals surface area contributed by atoms with Crippen LogP contribution < -0.4 is 9.47 Å². The number of methoxy groups -OCH3 is 2. The number of nitrogens with zero attached hydrogens (tertiary/aromatic N) is 2. The Morgan fingerprint density at radius 1 is 0.963 bits per heavy atom. The van der Waals surface area contributed by atoms with Crippen molar-refractivity contribution in [3.8, 4) is 11.5 Å². The summed E-state index contributed by atoms with van der Waals surface area (Å²) < 4.78 is 10.8. The standard InChI is InChI=1S/C21H30N2O4/c1-14(2)20(24)22-8-5-15(6-9-22)21(25)23-10-7-16-11-18(26-3)19(27-4)12-17(16)13-23/h11-12,14-15H,5-10,13H2,1-4H3. The topological polar surface area (TPSA) is 59.1 Å². The average molecular weight is 374 g/mol. The van der Waals surface area contributed by atoms with Crippen molar-refractivity contribution in [2.24, 2.45) is 11.8 Å². The summed E-state index contributed by atoms with van der Waals surface area (Å²) in [5.41, 5.74) is 2.34. The molecule has 0 N–H and O–H groups in total. The third-order valence-corrected chi connectivity index (χ3v) is 5.68. The predicted octanol–water partition coefficient (Wildman–Crippen LogP) is 2.48. The highest BCUT2D eigenvalue weighted by atomic mass is 16.5. The molecule has 1 aromatic carbocycles. The first-order valence-electron chi connectivity index (χ1n) is 9.76. The molecule has 3 rings (SSSR count). The molecule has 2 aliphatic heterocycles. The lowest BCUT2D eigenvalue weighted by Gasteiger charge is -2.36. The second kappa shape index (κ2) is 8.19. The number of hydrogen-bond donors (Lipinski definition) is 0. The van der Waals surface area contributed by atoms with Gasteiger partial charge in [0.1, 0.15) is 0 Å². The second-order valence-corrected chi connectivity index (χ2v) is 7.74. The molecule has 0 unspecified atom stereocenters. The maximum atomic E-state index is 13.0. The summed E-state index contributed by atoms with van der Waals surface area (Å²) in [5, 5.41) is 0. The third kappa shape index (κ3) is 4.04. The van der Waals surface area contributed by atoms with Crippen molar-refractivity contribution >= 4 is 11.8 Å². The highest BCUT2D eigenvalue weighted by Crippen LogP contribution is 2.34. The van der Waals surface area contributed by atoms with Gasteiger partial charge in [0.05, 0.1) is 14.2 Å². The van der Waals surface area contributed by atoms with Gasteiger partial charge >= 0.3 is 0 Å². The number of carbonyl (C=O) groups is 2. The molecular formula is C21H30N2O4. The Kier molecular flexibility index (Phi) is 5.92. The number of rotatable bonds is 4. The molecule has 0 saturated carbocycles. The van der Waals surface area contributed by atoms with Crippen LogP contribution in [0.25, 0.3) is 0 Å². The van der Waals surface area contributed by atoms with Gasteiger partial charge in [-0.05, 0) is 42.5 Å². The van der Waals surface area contributed by atoms with Crippen molar-refractivity contribution < 1.29 is 19.1 Å². The lowest BCUT2D eigenvalue weighted by molar-refractivity contribution is -0.142. The summed E-state index contributed by atoms with van der Waals surface area (Å²) in [6, 6.07) is 4.00. The number of fused-ring (bicyclic) bond motifs is 1. The van der Waals surface area contributed by atoms with Crippen LogP contribution in [-0.4, -0.2) is 55.5 Å². The lowest BCUT2D eigenvalue weighted by atomic mass is 9.92. The molecule has 0 aliphatic carbocycles. The molecular weight excluding hydrogens is 344 g/mol. The van der Waals surface area contributed by atoms with Gasteiger partial charge in [0.25, 0.3) is 0 Å². The highest BCUT2D eigenvalue weighted by molar-refractivity contribution is 5.81. The Morgan fingerprint density at radius 2 is 1.56 bits per heavy atom. The van der Waals surface area contributed by atoms with E-state index in [1.54, 1.807) is 14.2 Å². The van der Waals surface area contributed by atoms with Gasteiger partial charge in [-0.1, -0.05) is 13.8 Å². The molecule has 0 radical (unpaired) electrons. The van der Waals surface area contributed by atoms with Crippen LogP contribution in [0.1, 0.15) is 37.8 Å². The van der Waals surface area contributed by atoms with Crippen LogP contribution in [0.5, 0.6) is 11.5 Å². The van der Waals surface area contributed by atoms with Crippen molar-refractivity contribution in [3.63, 3.8) is 0 Å². The van der Waals surface area contributed by atoms with Crippen molar-refractivity contribution in [1.82, 2.24) is 9.80 Å². The molecule has 2 aliphatic rings. The van der Waals surface area contributed by atoms with Crippen LogP contribution in [0.2, 0.25) is 0 Å². The molecule has 148 valence electrons. The van der Waals surface area contributed by atoms with Gasteiger partial charge in [0.15, 0.2) is 11.5 Å². The Bertz CT molecular complexity index is 708. The van der Waals surface area contributed by atoms with Crippen LogP contribution in [-0.2, 0) is 22.6 Å². The van der Waals surface area contributed by atoms with Crippen LogP contribution in [0.4, 0.5) is 0 Å². The lowest BCUT2D eigenvalue weighted by Crippen LogP contribution is -2.46.